The summed E-state index contributed by atoms with van der Waals surface area (Å²) in [6, 6.07) is 10.1. The number of hydrogen-bond acceptors (Lipinski definition) is 6. The molecule has 0 bridgehead atoms. The van der Waals surface area contributed by atoms with Crippen molar-refractivity contribution in [2.75, 3.05) is 18.5 Å². The summed E-state index contributed by atoms with van der Waals surface area (Å²) in [5.41, 5.74) is 1.87. The maximum Gasteiger partial charge on any atom is 0.138 e. The minimum Gasteiger partial charge on any atom is -0.469 e. The number of furan rings is 1. The number of aromatic nitrogens is 2. The Morgan fingerprint density at radius 3 is 2.78 bits per heavy atom. The van der Waals surface area contributed by atoms with Gasteiger partial charge in [0.15, 0.2) is 0 Å². The molecule has 7 heteroatoms. The standard InChI is InChI=1S/C20H18FN3O2S/c21-15-5-3-14(4-6-15)17-11-27-20-18(17)19(23-12-24-20)22-9-13(10-25)8-16-2-1-7-26-16/h1-7,11-13,25H,8-10H2,(H,22,23,24). The smallest absolute Gasteiger partial charge is 0.138 e. The van der Waals surface area contributed by atoms with Crippen LogP contribution in [-0.4, -0.2) is 28.2 Å². The summed E-state index contributed by atoms with van der Waals surface area (Å²) < 4.78 is 18.6. The van der Waals surface area contributed by atoms with Crippen LogP contribution in [0, 0.1) is 11.7 Å². The van der Waals surface area contributed by atoms with Gasteiger partial charge < -0.3 is 14.8 Å². The zero-order valence-corrected chi connectivity index (χ0v) is 15.2. The number of fused-ring (bicyclic) bond motifs is 1. The maximum absolute atomic E-state index is 13.3. The molecule has 1 atom stereocenters. The van der Waals surface area contributed by atoms with Gasteiger partial charge in [-0.1, -0.05) is 12.1 Å². The molecule has 27 heavy (non-hydrogen) atoms. The number of hydrogen-bond donors (Lipinski definition) is 2. The summed E-state index contributed by atoms with van der Waals surface area (Å²) in [6.45, 7) is 0.582. The molecule has 0 aliphatic heterocycles. The highest BCUT2D eigenvalue weighted by molar-refractivity contribution is 7.17. The van der Waals surface area contributed by atoms with Crippen LogP contribution in [0.5, 0.6) is 0 Å². The van der Waals surface area contributed by atoms with Crippen LogP contribution in [0.2, 0.25) is 0 Å². The van der Waals surface area contributed by atoms with Crippen molar-refractivity contribution in [2.45, 2.75) is 6.42 Å². The van der Waals surface area contributed by atoms with E-state index in [0.29, 0.717) is 18.8 Å². The van der Waals surface area contributed by atoms with Gasteiger partial charge >= 0.3 is 0 Å². The molecular weight excluding hydrogens is 365 g/mol. The molecule has 0 amide bonds. The monoisotopic (exact) mass is 383 g/mol. The first-order chi connectivity index (χ1) is 13.2. The number of rotatable bonds is 7. The normalized spacial score (nSPS) is 12.4. The Balaban J connectivity index is 1.59. The molecular formula is C20H18FN3O2S. The SMILES string of the molecule is OCC(CNc1ncnc2scc(-c3ccc(F)cc3)c12)Cc1ccco1. The van der Waals surface area contributed by atoms with Crippen molar-refractivity contribution in [3.8, 4) is 11.1 Å². The number of benzene rings is 1. The molecule has 3 aromatic heterocycles. The Labute approximate surface area is 159 Å². The van der Waals surface area contributed by atoms with Gasteiger partial charge in [0.25, 0.3) is 0 Å². The number of nitrogens with zero attached hydrogens (tertiary/aromatic N) is 2. The van der Waals surface area contributed by atoms with Crippen LogP contribution < -0.4 is 5.32 Å². The highest BCUT2D eigenvalue weighted by atomic mass is 32.1. The van der Waals surface area contributed by atoms with E-state index in [9.17, 15) is 9.50 Å². The second-order valence-corrected chi connectivity index (χ2v) is 7.13. The van der Waals surface area contributed by atoms with E-state index >= 15 is 0 Å². The molecule has 0 saturated carbocycles. The van der Waals surface area contributed by atoms with Gasteiger partial charge in [0, 0.05) is 36.4 Å². The second-order valence-electron chi connectivity index (χ2n) is 6.27. The zero-order valence-electron chi connectivity index (χ0n) is 14.4. The molecule has 0 aliphatic rings. The zero-order chi connectivity index (χ0) is 18.6. The Morgan fingerprint density at radius 1 is 1.19 bits per heavy atom. The number of aliphatic hydroxyl groups excluding tert-OH is 1. The lowest BCUT2D eigenvalue weighted by Crippen LogP contribution is -2.20. The van der Waals surface area contributed by atoms with Gasteiger partial charge in [-0.3, -0.25) is 0 Å². The summed E-state index contributed by atoms with van der Waals surface area (Å²) in [5, 5.41) is 15.9. The predicted molar refractivity (Wildman–Crippen MR) is 104 cm³/mol. The molecule has 0 fully saturated rings. The van der Waals surface area contributed by atoms with Crippen LogP contribution >= 0.6 is 11.3 Å². The predicted octanol–water partition coefficient (Wildman–Crippen LogP) is 4.35. The van der Waals surface area contributed by atoms with Gasteiger partial charge in [0.1, 0.15) is 28.6 Å². The first-order valence-corrected chi connectivity index (χ1v) is 9.48. The van der Waals surface area contributed by atoms with Crippen molar-refractivity contribution >= 4 is 27.4 Å². The number of nitrogens with one attached hydrogen (secondary N) is 1. The van der Waals surface area contributed by atoms with Gasteiger partial charge in [0.05, 0.1) is 11.6 Å². The van der Waals surface area contributed by atoms with E-state index < -0.39 is 0 Å². The van der Waals surface area contributed by atoms with Crippen molar-refractivity contribution in [3.63, 3.8) is 0 Å². The van der Waals surface area contributed by atoms with Gasteiger partial charge in [0.2, 0.25) is 0 Å². The third kappa shape index (κ3) is 3.84. The Kier molecular flexibility index (Phi) is 5.13. The fourth-order valence-electron chi connectivity index (χ4n) is 3.01. The van der Waals surface area contributed by atoms with Crippen molar-refractivity contribution in [1.29, 1.82) is 0 Å². The summed E-state index contributed by atoms with van der Waals surface area (Å²) in [5.74, 6) is 1.27. The van der Waals surface area contributed by atoms with E-state index in [1.807, 2.05) is 17.5 Å². The first-order valence-electron chi connectivity index (χ1n) is 8.60. The molecule has 0 saturated heterocycles. The number of anilines is 1. The molecule has 138 valence electrons. The van der Waals surface area contributed by atoms with E-state index in [1.54, 1.807) is 18.4 Å². The number of thiophene rings is 1. The van der Waals surface area contributed by atoms with Crippen LogP contribution in [0.3, 0.4) is 0 Å². The fourth-order valence-corrected chi connectivity index (χ4v) is 3.92. The van der Waals surface area contributed by atoms with Crippen molar-refractivity contribution in [2.24, 2.45) is 5.92 Å². The van der Waals surface area contributed by atoms with E-state index in [1.165, 1.54) is 29.8 Å². The minimum absolute atomic E-state index is 0.00549. The Hall–Kier alpha value is -2.77. The number of aliphatic hydroxyl groups is 1. The lowest BCUT2D eigenvalue weighted by molar-refractivity contribution is 0.226. The molecule has 5 nitrogen and oxygen atoms in total. The highest BCUT2D eigenvalue weighted by Crippen LogP contribution is 2.36. The van der Waals surface area contributed by atoms with Gasteiger partial charge in [-0.2, -0.15) is 0 Å². The van der Waals surface area contributed by atoms with Crippen molar-refractivity contribution in [1.82, 2.24) is 9.97 Å². The first kappa shape index (κ1) is 17.6. The molecule has 3 heterocycles. The quantitative estimate of drug-likeness (QED) is 0.496. The minimum atomic E-state index is -0.267. The van der Waals surface area contributed by atoms with Crippen LogP contribution in [0.1, 0.15) is 5.76 Å². The second kappa shape index (κ2) is 7.85. The molecule has 0 aliphatic carbocycles. The van der Waals surface area contributed by atoms with Gasteiger partial charge in [-0.05, 0) is 29.8 Å². The molecule has 4 aromatic rings. The van der Waals surface area contributed by atoms with Crippen LogP contribution in [0.25, 0.3) is 21.3 Å². The van der Waals surface area contributed by atoms with E-state index in [2.05, 4.69) is 15.3 Å². The average molecular weight is 383 g/mol. The molecule has 0 spiro atoms. The lowest BCUT2D eigenvalue weighted by Gasteiger charge is -2.15. The van der Waals surface area contributed by atoms with Crippen molar-refractivity contribution < 1.29 is 13.9 Å². The molecule has 1 aromatic carbocycles. The molecule has 4 rings (SSSR count). The summed E-state index contributed by atoms with van der Waals surface area (Å²) in [7, 11) is 0. The topological polar surface area (TPSA) is 71.2 Å². The maximum atomic E-state index is 13.3. The third-order valence-electron chi connectivity index (χ3n) is 4.41. The fraction of sp³-hybridized carbons (Fsp3) is 0.200. The summed E-state index contributed by atoms with van der Waals surface area (Å²) in [4.78, 5) is 9.59. The van der Waals surface area contributed by atoms with E-state index in [0.717, 1.165) is 27.1 Å². The van der Waals surface area contributed by atoms with Crippen LogP contribution in [0.15, 0.2) is 58.8 Å². The molecule has 2 N–H and O–H groups in total. The Morgan fingerprint density at radius 2 is 2.04 bits per heavy atom. The van der Waals surface area contributed by atoms with E-state index in [4.69, 9.17) is 4.42 Å². The Bertz CT molecular complexity index is 1020. The molecule has 0 radical (unpaired) electrons. The number of halogens is 1. The van der Waals surface area contributed by atoms with Gasteiger partial charge in [-0.15, -0.1) is 11.3 Å². The van der Waals surface area contributed by atoms with Crippen LogP contribution in [0.4, 0.5) is 10.2 Å². The van der Waals surface area contributed by atoms with Crippen molar-refractivity contribution in [3.05, 3.63) is 65.9 Å². The third-order valence-corrected chi connectivity index (χ3v) is 5.30. The van der Waals surface area contributed by atoms with E-state index in [-0.39, 0.29) is 18.3 Å². The average Bonchev–Trinajstić information content (AvgIpc) is 3.35. The molecule has 1 unspecified atom stereocenters. The van der Waals surface area contributed by atoms with Crippen LogP contribution in [-0.2, 0) is 6.42 Å². The highest BCUT2D eigenvalue weighted by Gasteiger charge is 2.15. The largest absolute Gasteiger partial charge is 0.469 e. The summed E-state index contributed by atoms with van der Waals surface area (Å²) >= 11 is 1.52. The summed E-state index contributed by atoms with van der Waals surface area (Å²) in [6.07, 6.45) is 3.79. The van der Waals surface area contributed by atoms with Gasteiger partial charge in [-0.25, -0.2) is 14.4 Å². The lowest BCUT2D eigenvalue weighted by atomic mass is 10.0.